The molecular formula is C33H41NO6. The number of rotatable bonds is 14. The lowest BCUT2D eigenvalue weighted by molar-refractivity contribution is 0.154. The third-order valence-corrected chi connectivity index (χ3v) is 6.33. The molecule has 0 amide bonds. The number of terminal acetylenes is 1. The summed E-state index contributed by atoms with van der Waals surface area (Å²) in [6, 6.07) is 6.17. The second kappa shape index (κ2) is 13.0. The molecule has 1 N–H and O–H groups in total. The summed E-state index contributed by atoms with van der Waals surface area (Å²) in [5.41, 5.74) is -1.70. The standard InChI is InChI=1S/C33H41NO6/c1-9-17-34(18-10-2)19-13-14-20-37-31-26(40-33(7,8)12-4)16-15-24-29(36)28-25(35)21-23(39-32(5,6)11-3)22-27(28)38-30(24)31/h3,12-16,21-22,35H,4,9-10,17-20H2,1-2,5-8H3/b14-13+. The second-order valence-corrected chi connectivity index (χ2v) is 10.8. The fourth-order valence-electron chi connectivity index (χ4n) is 4.23. The number of hydrogen-bond donors (Lipinski definition) is 1. The van der Waals surface area contributed by atoms with E-state index in [1.807, 2.05) is 19.9 Å². The number of phenolic OH excluding ortho intramolecular Hbond substituents is 1. The maximum absolute atomic E-state index is 13.5. The van der Waals surface area contributed by atoms with Gasteiger partial charge in [-0.1, -0.05) is 38.5 Å². The average Bonchev–Trinajstić information content (AvgIpc) is 2.89. The van der Waals surface area contributed by atoms with Gasteiger partial charge in [-0.2, -0.15) is 0 Å². The van der Waals surface area contributed by atoms with Crippen molar-refractivity contribution in [1.29, 1.82) is 0 Å². The topological polar surface area (TPSA) is 81.4 Å². The third-order valence-electron chi connectivity index (χ3n) is 6.33. The van der Waals surface area contributed by atoms with Crippen molar-refractivity contribution in [3.8, 4) is 35.3 Å². The van der Waals surface area contributed by atoms with Crippen molar-refractivity contribution in [2.75, 3.05) is 26.2 Å². The van der Waals surface area contributed by atoms with Gasteiger partial charge < -0.3 is 23.7 Å². The molecule has 0 aliphatic rings. The van der Waals surface area contributed by atoms with Crippen molar-refractivity contribution >= 4 is 21.9 Å². The molecule has 0 radical (unpaired) electrons. The zero-order valence-electron chi connectivity index (χ0n) is 24.5. The van der Waals surface area contributed by atoms with Crippen molar-refractivity contribution in [3.63, 3.8) is 0 Å². The summed E-state index contributed by atoms with van der Waals surface area (Å²) < 4.78 is 24.4. The largest absolute Gasteiger partial charge is 0.507 e. The van der Waals surface area contributed by atoms with Gasteiger partial charge in [0.2, 0.25) is 11.2 Å². The van der Waals surface area contributed by atoms with Crippen molar-refractivity contribution < 1.29 is 23.7 Å². The molecule has 2 aromatic carbocycles. The van der Waals surface area contributed by atoms with E-state index in [4.69, 9.17) is 25.1 Å². The van der Waals surface area contributed by atoms with E-state index in [2.05, 4.69) is 37.3 Å². The highest BCUT2D eigenvalue weighted by Gasteiger charge is 2.24. The summed E-state index contributed by atoms with van der Waals surface area (Å²) in [6.45, 7) is 18.5. The van der Waals surface area contributed by atoms with E-state index in [1.165, 1.54) is 12.1 Å². The summed E-state index contributed by atoms with van der Waals surface area (Å²) in [6.07, 6.45) is 13.4. The first-order valence-corrected chi connectivity index (χ1v) is 13.7. The van der Waals surface area contributed by atoms with Crippen LogP contribution in [0.5, 0.6) is 23.0 Å². The highest BCUT2D eigenvalue weighted by Crippen LogP contribution is 2.40. The van der Waals surface area contributed by atoms with Gasteiger partial charge in [-0.15, -0.1) is 6.42 Å². The fraction of sp³-hybridized carbons (Fsp3) is 0.424. The molecule has 40 heavy (non-hydrogen) atoms. The fourth-order valence-corrected chi connectivity index (χ4v) is 4.23. The van der Waals surface area contributed by atoms with Crippen LogP contribution in [-0.2, 0) is 0 Å². The Morgan fingerprint density at radius 2 is 1.80 bits per heavy atom. The first-order valence-electron chi connectivity index (χ1n) is 13.7. The number of ether oxygens (including phenoxy) is 3. The Morgan fingerprint density at radius 3 is 2.42 bits per heavy atom. The lowest BCUT2D eigenvalue weighted by Gasteiger charge is -2.24. The van der Waals surface area contributed by atoms with Crippen molar-refractivity contribution in [2.45, 2.75) is 65.6 Å². The van der Waals surface area contributed by atoms with Gasteiger partial charge in [0.05, 0.1) is 5.39 Å². The van der Waals surface area contributed by atoms with E-state index in [-0.39, 0.29) is 45.8 Å². The van der Waals surface area contributed by atoms with Crippen LogP contribution in [0.3, 0.4) is 0 Å². The molecule has 0 spiro atoms. The molecule has 0 aliphatic heterocycles. The van der Waals surface area contributed by atoms with Crippen molar-refractivity contribution in [1.82, 2.24) is 4.90 Å². The minimum atomic E-state index is -0.932. The lowest BCUT2D eigenvalue weighted by Crippen LogP contribution is -2.25. The van der Waals surface area contributed by atoms with Crippen LogP contribution in [0, 0.1) is 12.3 Å². The van der Waals surface area contributed by atoms with Gasteiger partial charge in [0.1, 0.15) is 34.7 Å². The molecular weight excluding hydrogens is 506 g/mol. The molecule has 3 rings (SSSR count). The van der Waals surface area contributed by atoms with Crippen LogP contribution in [0.2, 0.25) is 0 Å². The highest BCUT2D eigenvalue weighted by molar-refractivity contribution is 5.96. The average molecular weight is 548 g/mol. The van der Waals surface area contributed by atoms with E-state index in [1.54, 1.807) is 32.1 Å². The molecule has 0 aliphatic carbocycles. The molecule has 7 nitrogen and oxygen atoms in total. The highest BCUT2D eigenvalue weighted by atomic mass is 16.5. The molecule has 0 saturated heterocycles. The van der Waals surface area contributed by atoms with Gasteiger partial charge >= 0.3 is 0 Å². The Kier molecular flexibility index (Phi) is 9.94. The van der Waals surface area contributed by atoms with Crippen LogP contribution in [-0.4, -0.2) is 47.4 Å². The number of fused-ring (bicyclic) bond motifs is 2. The maximum atomic E-state index is 13.5. The number of phenols is 1. The Bertz CT molecular complexity index is 1470. The molecule has 3 aromatic rings. The maximum Gasteiger partial charge on any atom is 0.205 e. The summed E-state index contributed by atoms with van der Waals surface area (Å²) in [7, 11) is 0. The SMILES string of the molecule is C#CC(C)(C)Oc1cc(O)c2c(=O)c3ccc(OC(C)(C)C=C)c(OC/C=C/CN(CCC)CCC)c3oc2c1. The summed E-state index contributed by atoms with van der Waals surface area (Å²) in [4.78, 5) is 15.9. The predicted octanol–water partition coefficient (Wildman–Crippen LogP) is 6.84. The van der Waals surface area contributed by atoms with E-state index in [9.17, 15) is 9.90 Å². The molecule has 0 saturated carbocycles. The van der Waals surface area contributed by atoms with Crippen LogP contribution >= 0.6 is 0 Å². The van der Waals surface area contributed by atoms with Crippen LogP contribution in [0.25, 0.3) is 21.9 Å². The van der Waals surface area contributed by atoms with Gasteiger partial charge in [0.25, 0.3) is 0 Å². The molecule has 0 atom stereocenters. The summed E-state index contributed by atoms with van der Waals surface area (Å²) >= 11 is 0. The number of benzene rings is 2. The zero-order chi connectivity index (χ0) is 29.5. The predicted molar refractivity (Wildman–Crippen MR) is 162 cm³/mol. The molecule has 0 fully saturated rings. The Balaban J connectivity index is 2.09. The van der Waals surface area contributed by atoms with Gasteiger partial charge in [0, 0.05) is 18.7 Å². The van der Waals surface area contributed by atoms with Crippen molar-refractivity contribution in [3.05, 3.63) is 59.3 Å². The zero-order valence-corrected chi connectivity index (χ0v) is 24.5. The number of aromatic hydroxyl groups is 1. The van der Waals surface area contributed by atoms with Gasteiger partial charge in [-0.05, 0) is 71.8 Å². The second-order valence-electron chi connectivity index (χ2n) is 10.8. The van der Waals surface area contributed by atoms with E-state index in [0.29, 0.717) is 5.75 Å². The van der Waals surface area contributed by atoms with Gasteiger partial charge in [-0.25, -0.2) is 0 Å². The molecule has 0 unspecified atom stereocenters. The van der Waals surface area contributed by atoms with Gasteiger partial charge in [0.15, 0.2) is 16.9 Å². The van der Waals surface area contributed by atoms with E-state index < -0.39 is 16.6 Å². The van der Waals surface area contributed by atoms with Crippen LogP contribution in [0.15, 0.2) is 58.3 Å². The van der Waals surface area contributed by atoms with Crippen LogP contribution in [0.1, 0.15) is 54.4 Å². The molecule has 214 valence electrons. The third kappa shape index (κ3) is 7.40. The lowest BCUT2D eigenvalue weighted by atomic mass is 10.1. The van der Waals surface area contributed by atoms with Crippen molar-refractivity contribution in [2.24, 2.45) is 0 Å². The smallest absolute Gasteiger partial charge is 0.205 e. The van der Waals surface area contributed by atoms with E-state index in [0.717, 1.165) is 32.5 Å². The summed E-state index contributed by atoms with van der Waals surface area (Å²) in [5.74, 6) is 3.23. The minimum absolute atomic E-state index is 0.0382. The van der Waals surface area contributed by atoms with Crippen LogP contribution in [0.4, 0.5) is 0 Å². The molecule has 0 bridgehead atoms. The summed E-state index contributed by atoms with van der Waals surface area (Å²) in [5, 5.41) is 11.0. The molecule has 1 heterocycles. The monoisotopic (exact) mass is 547 g/mol. The minimum Gasteiger partial charge on any atom is -0.507 e. The Hall–Kier alpha value is -3.89. The number of nitrogens with zero attached hydrogens (tertiary/aromatic N) is 1. The Morgan fingerprint density at radius 1 is 1.10 bits per heavy atom. The van der Waals surface area contributed by atoms with Crippen LogP contribution < -0.4 is 19.6 Å². The molecule has 1 aromatic heterocycles. The number of hydrogen-bond acceptors (Lipinski definition) is 7. The first kappa shape index (κ1) is 30.6. The van der Waals surface area contributed by atoms with E-state index >= 15 is 0 Å². The Labute approximate surface area is 237 Å². The quantitative estimate of drug-likeness (QED) is 0.134. The first-order chi connectivity index (χ1) is 18.9. The normalized spacial score (nSPS) is 12.2. The molecule has 7 heteroatoms. The van der Waals surface area contributed by atoms with Gasteiger partial charge in [-0.3, -0.25) is 9.69 Å².